The van der Waals surface area contributed by atoms with Gasteiger partial charge < -0.3 is 0 Å². The highest BCUT2D eigenvalue weighted by molar-refractivity contribution is 9.10. The van der Waals surface area contributed by atoms with Gasteiger partial charge in [0.2, 0.25) is 0 Å². The van der Waals surface area contributed by atoms with Crippen molar-refractivity contribution in [1.29, 1.82) is 0 Å². The van der Waals surface area contributed by atoms with E-state index in [0.717, 1.165) is 10.9 Å². The van der Waals surface area contributed by atoms with Crippen LogP contribution in [0.5, 0.6) is 0 Å². The molecule has 1 heterocycles. The maximum Gasteiger partial charge on any atom is 0.128 e. The van der Waals surface area contributed by atoms with E-state index >= 15 is 0 Å². The van der Waals surface area contributed by atoms with Crippen molar-refractivity contribution >= 4 is 32.7 Å². The monoisotopic (exact) mass is 272 g/mol. The first kappa shape index (κ1) is 9.99. The second-order valence-electron chi connectivity index (χ2n) is 3.32. The summed E-state index contributed by atoms with van der Waals surface area (Å²) in [5, 5.41) is 6.76. The maximum absolute atomic E-state index is 5.89. The van der Waals surface area contributed by atoms with Crippen molar-refractivity contribution in [3.63, 3.8) is 0 Å². The van der Waals surface area contributed by atoms with E-state index in [1.54, 1.807) is 0 Å². The molecule has 14 heavy (non-hydrogen) atoms. The quantitative estimate of drug-likeness (QED) is 0.766. The summed E-state index contributed by atoms with van der Waals surface area (Å²) in [5.74, 6) is 0. The molecule has 1 aliphatic rings. The third-order valence-corrected chi connectivity index (χ3v) is 3.04. The van der Waals surface area contributed by atoms with Gasteiger partial charge in [0.25, 0.3) is 0 Å². The molecule has 0 radical (unpaired) electrons. The summed E-state index contributed by atoms with van der Waals surface area (Å²) >= 11 is 9.34. The van der Waals surface area contributed by atoms with Gasteiger partial charge in [-0.3, -0.25) is 5.01 Å². The normalized spacial score (nSPS) is 21.2. The van der Waals surface area contributed by atoms with E-state index in [4.69, 9.17) is 11.6 Å². The first-order valence-electron chi connectivity index (χ1n) is 4.38. The van der Waals surface area contributed by atoms with Crippen molar-refractivity contribution in [3.8, 4) is 0 Å². The molecule has 0 N–H and O–H groups in total. The van der Waals surface area contributed by atoms with Crippen molar-refractivity contribution < 1.29 is 0 Å². The average Bonchev–Trinajstić information content (AvgIpc) is 2.45. The lowest BCUT2D eigenvalue weighted by molar-refractivity contribution is 0.290. The van der Waals surface area contributed by atoms with Crippen molar-refractivity contribution in [3.05, 3.63) is 34.3 Å². The SMILES string of the molecule is CN1N=C(Cl)CC1c1cccc(Br)c1. The smallest absolute Gasteiger partial charge is 0.128 e. The molecule has 0 bridgehead atoms. The van der Waals surface area contributed by atoms with Crippen LogP contribution in [0.1, 0.15) is 18.0 Å². The zero-order valence-corrected chi connectivity index (χ0v) is 10.1. The maximum atomic E-state index is 5.89. The molecule has 0 saturated carbocycles. The molecule has 4 heteroatoms. The van der Waals surface area contributed by atoms with Gasteiger partial charge in [-0.25, -0.2) is 0 Å². The second-order valence-corrected chi connectivity index (χ2v) is 4.68. The zero-order valence-electron chi connectivity index (χ0n) is 7.74. The highest BCUT2D eigenvalue weighted by atomic mass is 79.9. The molecule has 1 aromatic rings. The van der Waals surface area contributed by atoms with E-state index in [1.165, 1.54) is 5.56 Å². The Bertz CT molecular complexity index is 378. The van der Waals surface area contributed by atoms with Crippen molar-refractivity contribution in [2.45, 2.75) is 12.5 Å². The lowest BCUT2D eigenvalue weighted by Gasteiger charge is -2.18. The summed E-state index contributed by atoms with van der Waals surface area (Å²) in [6.45, 7) is 0. The highest BCUT2D eigenvalue weighted by Crippen LogP contribution is 2.31. The molecule has 1 atom stereocenters. The van der Waals surface area contributed by atoms with Gasteiger partial charge in [-0.1, -0.05) is 39.7 Å². The summed E-state index contributed by atoms with van der Waals surface area (Å²) in [7, 11) is 1.95. The Morgan fingerprint density at radius 2 is 2.36 bits per heavy atom. The van der Waals surface area contributed by atoms with Crippen LogP contribution in [0.2, 0.25) is 0 Å². The van der Waals surface area contributed by atoms with Crippen LogP contribution < -0.4 is 0 Å². The number of nitrogens with zero attached hydrogens (tertiary/aromatic N) is 2. The molecule has 0 aliphatic carbocycles. The van der Waals surface area contributed by atoms with Crippen molar-refractivity contribution in [2.75, 3.05) is 7.05 Å². The van der Waals surface area contributed by atoms with Crippen LogP contribution >= 0.6 is 27.5 Å². The fourth-order valence-electron chi connectivity index (χ4n) is 1.62. The van der Waals surface area contributed by atoms with Gasteiger partial charge in [0.1, 0.15) is 5.17 Å². The minimum atomic E-state index is 0.278. The van der Waals surface area contributed by atoms with Gasteiger partial charge in [-0.05, 0) is 17.7 Å². The van der Waals surface area contributed by atoms with E-state index < -0.39 is 0 Å². The second kappa shape index (κ2) is 3.91. The summed E-state index contributed by atoms with van der Waals surface area (Å²) in [4.78, 5) is 0. The summed E-state index contributed by atoms with van der Waals surface area (Å²) in [6.07, 6.45) is 0.800. The van der Waals surface area contributed by atoms with Gasteiger partial charge in [0, 0.05) is 17.9 Å². The Labute approximate surface area is 96.7 Å². The Balaban J connectivity index is 2.25. The Morgan fingerprint density at radius 1 is 1.57 bits per heavy atom. The van der Waals surface area contributed by atoms with Crippen LogP contribution in [0.15, 0.2) is 33.8 Å². The summed E-state index contributed by atoms with van der Waals surface area (Å²) in [5.41, 5.74) is 1.24. The van der Waals surface area contributed by atoms with Crippen LogP contribution in [-0.4, -0.2) is 17.2 Å². The highest BCUT2D eigenvalue weighted by Gasteiger charge is 2.23. The van der Waals surface area contributed by atoms with E-state index in [9.17, 15) is 0 Å². The van der Waals surface area contributed by atoms with Crippen molar-refractivity contribution in [1.82, 2.24) is 5.01 Å². The minimum Gasteiger partial charge on any atom is -0.291 e. The zero-order chi connectivity index (χ0) is 10.1. The van der Waals surface area contributed by atoms with Crippen LogP contribution in [0.25, 0.3) is 0 Å². The van der Waals surface area contributed by atoms with E-state index in [1.807, 2.05) is 24.2 Å². The Hall–Kier alpha value is -0.540. The Kier molecular flexibility index (Phi) is 2.79. The first-order chi connectivity index (χ1) is 6.66. The summed E-state index contributed by atoms with van der Waals surface area (Å²) < 4.78 is 1.09. The molecule has 2 nitrogen and oxygen atoms in total. The number of hydrazone groups is 1. The first-order valence-corrected chi connectivity index (χ1v) is 5.55. The topological polar surface area (TPSA) is 15.6 Å². The lowest BCUT2D eigenvalue weighted by atomic mass is 10.1. The van der Waals surface area contributed by atoms with E-state index in [-0.39, 0.29) is 6.04 Å². The Morgan fingerprint density at radius 3 is 2.93 bits per heavy atom. The molecule has 1 aliphatic heterocycles. The number of halogens is 2. The summed E-state index contributed by atoms with van der Waals surface area (Å²) in [6, 6.07) is 8.52. The van der Waals surface area contributed by atoms with Crippen LogP contribution in [0.4, 0.5) is 0 Å². The molecular weight excluding hydrogens is 263 g/mol. The molecule has 0 fully saturated rings. The number of rotatable bonds is 1. The van der Waals surface area contributed by atoms with Crippen LogP contribution in [-0.2, 0) is 0 Å². The molecule has 1 aromatic carbocycles. The number of benzene rings is 1. The van der Waals surface area contributed by atoms with E-state index in [2.05, 4.69) is 33.2 Å². The van der Waals surface area contributed by atoms with Crippen LogP contribution in [0.3, 0.4) is 0 Å². The standard InChI is InChI=1S/C10H10BrClN2/c1-14-9(6-10(12)13-14)7-3-2-4-8(11)5-7/h2-5,9H,6H2,1H3. The molecule has 74 valence electrons. The molecule has 0 saturated heterocycles. The average molecular weight is 274 g/mol. The van der Waals surface area contributed by atoms with Gasteiger partial charge in [-0.15, -0.1) is 0 Å². The fraction of sp³-hybridized carbons (Fsp3) is 0.300. The van der Waals surface area contributed by atoms with Gasteiger partial charge >= 0.3 is 0 Å². The fourth-order valence-corrected chi connectivity index (χ4v) is 2.30. The predicted molar refractivity (Wildman–Crippen MR) is 62.6 cm³/mol. The molecular formula is C10H10BrClN2. The number of hydrogen-bond donors (Lipinski definition) is 0. The third kappa shape index (κ3) is 1.93. The molecule has 0 aromatic heterocycles. The number of hydrogen-bond acceptors (Lipinski definition) is 2. The molecule has 0 amide bonds. The van der Waals surface area contributed by atoms with Gasteiger partial charge in [0.15, 0.2) is 0 Å². The van der Waals surface area contributed by atoms with Crippen LogP contribution in [0, 0.1) is 0 Å². The van der Waals surface area contributed by atoms with Gasteiger partial charge in [0.05, 0.1) is 6.04 Å². The minimum absolute atomic E-state index is 0.278. The van der Waals surface area contributed by atoms with Gasteiger partial charge in [-0.2, -0.15) is 5.10 Å². The van der Waals surface area contributed by atoms with E-state index in [0.29, 0.717) is 5.17 Å². The third-order valence-electron chi connectivity index (χ3n) is 2.31. The lowest BCUT2D eigenvalue weighted by Crippen LogP contribution is -2.13. The largest absolute Gasteiger partial charge is 0.291 e. The predicted octanol–water partition coefficient (Wildman–Crippen LogP) is 3.38. The molecule has 0 spiro atoms. The van der Waals surface area contributed by atoms with Crippen molar-refractivity contribution in [2.24, 2.45) is 5.10 Å². The molecule has 2 rings (SSSR count). The molecule has 1 unspecified atom stereocenters.